The maximum atomic E-state index is 10.9. The van der Waals surface area contributed by atoms with Crippen LogP contribution in [0.1, 0.15) is 12.8 Å². The number of rotatable bonds is 3. The van der Waals surface area contributed by atoms with E-state index in [4.69, 9.17) is 5.73 Å². The molecule has 0 amide bonds. The average molecular weight is 189 g/mol. The molecule has 1 aliphatic rings. The molecule has 4 heteroatoms. The van der Waals surface area contributed by atoms with Crippen LogP contribution in [-0.2, 0) is 9.53 Å². The van der Waals surface area contributed by atoms with Crippen molar-refractivity contribution in [3.8, 4) is 0 Å². The number of nitrogens with two attached hydrogens (primary N) is 1. The average Bonchev–Trinajstić information content (AvgIpc) is 2.56. The number of hydrogen-bond acceptors (Lipinski definition) is 4. The summed E-state index contributed by atoms with van der Waals surface area (Å²) >= 11 is 1.91. The first kappa shape index (κ1) is 9.86. The van der Waals surface area contributed by atoms with Gasteiger partial charge in [0.1, 0.15) is 0 Å². The molecule has 0 bridgehead atoms. The Bertz CT molecular complexity index is 157. The Balaban J connectivity index is 2.26. The third kappa shape index (κ3) is 2.68. The summed E-state index contributed by atoms with van der Waals surface area (Å²) in [4.78, 5) is 10.9. The molecule has 1 fully saturated rings. The van der Waals surface area contributed by atoms with Crippen LogP contribution in [0.4, 0.5) is 0 Å². The van der Waals surface area contributed by atoms with Gasteiger partial charge in [-0.2, -0.15) is 11.8 Å². The van der Waals surface area contributed by atoms with E-state index in [1.807, 2.05) is 11.8 Å². The van der Waals surface area contributed by atoms with Crippen molar-refractivity contribution in [1.29, 1.82) is 0 Å². The molecule has 0 saturated carbocycles. The quantitative estimate of drug-likeness (QED) is 0.662. The Hall–Kier alpha value is -0.220. The minimum atomic E-state index is -0.195. The van der Waals surface area contributed by atoms with E-state index in [9.17, 15) is 4.79 Å². The van der Waals surface area contributed by atoms with Crippen LogP contribution in [0.2, 0.25) is 0 Å². The molecule has 0 radical (unpaired) electrons. The molecule has 0 aromatic heterocycles. The van der Waals surface area contributed by atoms with Crippen LogP contribution in [0.5, 0.6) is 0 Å². The van der Waals surface area contributed by atoms with Gasteiger partial charge in [0.25, 0.3) is 0 Å². The number of esters is 1. The highest BCUT2D eigenvalue weighted by molar-refractivity contribution is 7.99. The lowest BCUT2D eigenvalue weighted by atomic mass is 9.97. The third-order valence-electron chi connectivity index (χ3n) is 2.20. The van der Waals surface area contributed by atoms with Crippen molar-refractivity contribution < 1.29 is 9.53 Å². The second-order valence-corrected chi connectivity index (χ2v) is 4.22. The van der Waals surface area contributed by atoms with Crippen molar-refractivity contribution in [2.75, 3.05) is 18.6 Å². The summed E-state index contributed by atoms with van der Waals surface area (Å²) in [5, 5.41) is 0. The summed E-state index contributed by atoms with van der Waals surface area (Å²) in [6, 6.07) is -0.00699. The fourth-order valence-corrected chi connectivity index (χ4v) is 2.69. The molecule has 0 aromatic carbocycles. The highest BCUT2D eigenvalue weighted by Crippen LogP contribution is 2.26. The minimum Gasteiger partial charge on any atom is -0.469 e. The Kier molecular flexibility index (Phi) is 3.88. The number of carbonyl (C=O) groups excluding carboxylic acids is 1. The monoisotopic (exact) mass is 189 g/mol. The largest absolute Gasteiger partial charge is 0.469 e. The van der Waals surface area contributed by atoms with Crippen LogP contribution >= 0.6 is 11.8 Å². The topological polar surface area (TPSA) is 52.3 Å². The SMILES string of the molecule is COC(=O)CC(N)C1CCSC1. The number of hydrogen-bond donors (Lipinski definition) is 1. The molecule has 2 unspecified atom stereocenters. The summed E-state index contributed by atoms with van der Waals surface area (Å²) in [7, 11) is 1.40. The smallest absolute Gasteiger partial charge is 0.307 e. The number of ether oxygens (including phenoxy) is 1. The van der Waals surface area contributed by atoms with Gasteiger partial charge in [0.15, 0.2) is 0 Å². The van der Waals surface area contributed by atoms with Crippen molar-refractivity contribution in [3.05, 3.63) is 0 Å². The van der Waals surface area contributed by atoms with Gasteiger partial charge in [0, 0.05) is 6.04 Å². The van der Waals surface area contributed by atoms with Crippen molar-refractivity contribution >= 4 is 17.7 Å². The third-order valence-corrected chi connectivity index (χ3v) is 3.39. The molecule has 0 aliphatic carbocycles. The van der Waals surface area contributed by atoms with E-state index < -0.39 is 0 Å². The predicted molar refractivity (Wildman–Crippen MR) is 50.0 cm³/mol. The van der Waals surface area contributed by atoms with Crippen LogP contribution < -0.4 is 5.73 Å². The van der Waals surface area contributed by atoms with Crippen molar-refractivity contribution in [2.24, 2.45) is 11.7 Å². The normalized spacial score (nSPS) is 25.3. The molecule has 70 valence electrons. The van der Waals surface area contributed by atoms with Crippen molar-refractivity contribution in [3.63, 3.8) is 0 Å². The lowest BCUT2D eigenvalue weighted by Gasteiger charge is -2.16. The van der Waals surface area contributed by atoms with E-state index in [2.05, 4.69) is 4.74 Å². The van der Waals surface area contributed by atoms with E-state index in [1.54, 1.807) is 0 Å². The lowest BCUT2D eigenvalue weighted by Crippen LogP contribution is -2.32. The van der Waals surface area contributed by atoms with E-state index in [0.717, 1.165) is 12.2 Å². The maximum absolute atomic E-state index is 10.9. The van der Waals surface area contributed by atoms with E-state index in [-0.39, 0.29) is 12.0 Å². The van der Waals surface area contributed by atoms with Crippen molar-refractivity contribution in [1.82, 2.24) is 0 Å². The number of thioether (sulfide) groups is 1. The molecule has 12 heavy (non-hydrogen) atoms. The summed E-state index contributed by atoms with van der Waals surface area (Å²) in [6.07, 6.45) is 1.50. The number of methoxy groups -OCH3 is 1. The molecule has 3 nitrogen and oxygen atoms in total. The molecule has 0 spiro atoms. The summed E-state index contributed by atoms with van der Waals surface area (Å²) in [5.41, 5.74) is 5.84. The first-order chi connectivity index (χ1) is 5.74. The highest BCUT2D eigenvalue weighted by Gasteiger charge is 2.24. The molecule has 1 saturated heterocycles. The molecular formula is C8H15NO2S. The van der Waals surface area contributed by atoms with E-state index >= 15 is 0 Å². The Morgan fingerprint density at radius 3 is 3.08 bits per heavy atom. The fourth-order valence-electron chi connectivity index (χ4n) is 1.33. The molecule has 2 atom stereocenters. The van der Waals surface area contributed by atoms with Gasteiger partial charge in [0.2, 0.25) is 0 Å². The first-order valence-corrected chi connectivity index (χ1v) is 5.29. The van der Waals surface area contributed by atoms with E-state index in [1.165, 1.54) is 12.9 Å². The van der Waals surface area contributed by atoms with Gasteiger partial charge in [-0.15, -0.1) is 0 Å². The fraction of sp³-hybridized carbons (Fsp3) is 0.875. The van der Waals surface area contributed by atoms with Crippen LogP contribution in [0.15, 0.2) is 0 Å². The zero-order chi connectivity index (χ0) is 8.97. The van der Waals surface area contributed by atoms with E-state index in [0.29, 0.717) is 12.3 Å². The molecule has 1 rings (SSSR count). The zero-order valence-electron chi connectivity index (χ0n) is 7.29. The first-order valence-electron chi connectivity index (χ1n) is 4.14. The minimum absolute atomic E-state index is 0.00699. The Morgan fingerprint density at radius 1 is 1.83 bits per heavy atom. The van der Waals surface area contributed by atoms with Crippen LogP contribution in [0.25, 0.3) is 0 Å². The lowest BCUT2D eigenvalue weighted by molar-refractivity contribution is -0.141. The molecule has 0 aromatic rings. The predicted octanol–water partition coefficient (Wildman–Crippen LogP) is 0.630. The second kappa shape index (κ2) is 4.72. The van der Waals surface area contributed by atoms with Gasteiger partial charge < -0.3 is 10.5 Å². The van der Waals surface area contributed by atoms with Gasteiger partial charge in [-0.3, -0.25) is 4.79 Å². The summed E-state index contributed by atoms with van der Waals surface area (Å²) in [6.45, 7) is 0. The Morgan fingerprint density at radius 2 is 2.58 bits per heavy atom. The van der Waals surface area contributed by atoms with Gasteiger partial charge in [0.05, 0.1) is 13.5 Å². The summed E-state index contributed by atoms with van der Waals surface area (Å²) < 4.78 is 4.55. The molecule has 1 heterocycles. The van der Waals surface area contributed by atoms with Gasteiger partial charge in [-0.1, -0.05) is 0 Å². The molecule has 2 N–H and O–H groups in total. The molecule has 1 aliphatic heterocycles. The van der Waals surface area contributed by atoms with Crippen LogP contribution in [0, 0.1) is 5.92 Å². The van der Waals surface area contributed by atoms with Gasteiger partial charge in [-0.25, -0.2) is 0 Å². The summed E-state index contributed by atoms with van der Waals surface area (Å²) in [5.74, 6) is 2.59. The zero-order valence-corrected chi connectivity index (χ0v) is 8.10. The maximum Gasteiger partial charge on any atom is 0.307 e. The molecular weight excluding hydrogens is 174 g/mol. The standard InChI is InChI=1S/C8H15NO2S/c1-11-8(10)4-7(9)6-2-3-12-5-6/h6-7H,2-5,9H2,1H3. The van der Waals surface area contributed by atoms with Crippen LogP contribution in [-0.4, -0.2) is 30.6 Å². The number of carbonyl (C=O) groups is 1. The Labute approximate surface area is 77.0 Å². The van der Waals surface area contributed by atoms with Crippen molar-refractivity contribution in [2.45, 2.75) is 18.9 Å². The second-order valence-electron chi connectivity index (χ2n) is 3.07. The van der Waals surface area contributed by atoms with Gasteiger partial charge >= 0.3 is 5.97 Å². The van der Waals surface area contributed by atoms with Gasteiger partial charge in [-0.05, 0) is 23.8 Å². The van der Waals surface area contributed by atoms with Crippen LogP contribution in [0.3, 0.4) is 0 Å². The highest BCUT2D eigenvalue weighted by atomic mass is 32.2.